The van der Waals surface area contributed by atoms with E-state index in [1.807, 2.05) is 12.1 Å². The number of sulfone groups is 1. The Morgan fingerprint density at radius 2 is 1.82 bits per heavy atom. The Balaban J connectivity index is 2.06. The summed E-state index contributed by atoms with van der Waals surface area (Å²) in [5.41, 5.74) is 0.862. The minimum atomic E-state index is -3.27. The number of benzene rings is 1. The average molecular weight is 246 g/mol. The van der Waals surface area contributed by atoms with E-state index >= 15 is 0 Å². The van der Waals surface area contributed by atoms with Gasteiger partial charge in [0.1, 0.15) is 0 Å². The summed E-state index contributed by atoms with van der Waals surface area (Å²) in [5, 5.41) is -0.417. The SMILES string of the molecule is C=C1[C@@H](S(=O)(=O)c2ccccc2)[C@@H]2C=C[C@H]1C2. The molecule has 2 bridgehead atoms. The maximum absolute atomic E-state index is 12.5. The van der Waals surface area contributed by atoms with Crippen LogP contribution in [0.3, 0.4) is 0 Å². The van der Waals surface area contributed by atoms with Gasteiger partial charge in [0.2, 0.25) is 0 Å². The van der Waals surface area contributed by atoms with Crippen molar-refractivity contribution in [1.82, 2.24) is 0 Å². The Morgan fingerprint density at radius 1 is 1.12 bits per heavy atom. The quantitative estimate of drug-likeness (QED) is 0.752. The molecule has 1 fully saturated rings. The van der Waals surface area contributed by atoms with Crippen molar-refractivity contribution in [1.29, 1.82) is 0 Å². The first-order valence-corrected chi connectivity index (χ1v) is 7.31. The maximum atomic E-state index is 12.5. The molecule has 0 spiro atoms. The van der Waals surface area contributed by atoms with Crippen molar-refractivity contribution in [3.63, 3.8) is 0 Å². The Labute approximate surface area is 102 Å². The summed E-state index contributed by atoms with van der Waals surface area (Å²) < 4.78 is 25.1. The number of hydrogen-bond donors (Lipinski definition) is 0. The van der Waals surface area contributed by atoms with E-state index in [0.29, 0.717) is 4.90 Å². The third kappa shape index (κ3) is 1.49. The second-order valence-electron chi connectivity index (χ2n) is 4.74. The van der Waals surface area contributed by atoms with Crippen LogP contribution in [-0.2, 0) is 9.84 Å². The van der Waals surface area contributed by atoms with Gasteiger partial charge in [-0.3, -0.25) is 0 Å². The molecule has 0 heterocycles. The zero-order chi connectivity index (χ0) is 12.0. The molecule has 2 aliphatic carbocycles. The van der Waals surface area contributed by atoms with E-state index in [1.165, 1.54) is 0 Å². The zero-order valence-corrected chi connectivity index (χ0v) is 10.2. The van der Waals surface area contributed by atoms with Crippen LogP contribution < -0.4 is 0 Å². The second-order valence-corrected chi connectivity index (χ2v) is 6.81. The summed E-state index contributed by atoms with van der Waals surface area (Å²) in [7, 11) is -3.27. The molecule has 17 heavy (non-hydrogen) atoms. The van der Waals surface area contributed by atoms with Crippen LogP contribution in [0.5, 0.6) is 0 Å². The Bertz CT molecular complexity index is 584. The molecular weight excluding hydrogens is 232 g/mol. The van der Waals surface area contributed by atoms with Gasteiger partial charge in [-0.1, -0.05) is 42.5 Å². The summed E-state index contributed by atoms with van der Waals surface area (Å²) in [5.74, 6) is 0.390. The molecule has 2 aliphatic rings. The van der Waals surface area contributed by atoms with Crippen LogP contribution in [-0.4, -0.2) is 13.7 Å². The fourth-order valence-corrected chi connectivity index (χ4v) is 4.96. The van der Waals surface area contributed by atoms with Crippen molar-refractivity contribution >= 4 is 9.84 Å². The summed E-state index contributed by atoms with van der Waals surface area (Å²) in [6.45, 7) is 3.98. The van der Waals surface area contributed by atoms with E-state index in [1.54, 1.807) is 24.3 Å². The zero-order valence-electron chi connectivity index (χ0n) is 9.41. The highest BCUT2D eigenvalue weighted by Gasteiger charge is 2.46. The van der Waals surface area contributed by atoms with E-state index in [4.69, 9.17) is 0 Å². The molecule has 0 radical (unpaired) electrons. The van der Waals surface area contributed by atoms with Crippen molar-refractivity contribution < 1.29 is 8.42 Å². The van der Waals surface area contributed by atoms with Gasteiger partial charge in [0.25, 0.3) is 0 Å². The molecule has 1 aromatic carbocycles. The maximum Gasteiger partial charge on any atom is 0.185 e. The molecule has 3 rings (SSSR count). The average Bonchev–Trinajstić information content (AvgIpc) is 2.90. The monoisotopic (exact) mass is 246 g/mol. The first-order chi connectivity index (χ1) is 8.10. The van der Waals surface area contributed by atoms with E-state index < -0.39 is 15.1 Å². The largest absolute Gasteiger partial charge is 0.223 e. The Morgan fingerprint density at radius 3 is 2.41 bits per heavy atom. The van der Waals surface area contributed by atoms with Gasteiger partial charge in [0.05, 0.1) is 10.1 Å². The van der Waals surface area contributed by atoms with E-state index in [0.717, 1.165) is 12.0 Å². The third-order valence-corrected chi connectivity index (χ3v) is 6.00. The van der Waals surface area contributed by atoms with E-state index in [2.05, 4.69) is 12.7 Å². The molecule has 1 aromatic rings. The van der Waals surface area contributed by atoms with Gasteiger partial charge < -0.3 is 0 Å². The van der Waals surface area contributed by atoms with Gasteiger partial charge in [0, 0.05) is 0 Å². The number of allylic oxidation sites excluding steroid dienone is 2. The number of fused-ring (bicyclic) bond motifs is 2. The molecule has 0 aliphatic heterocycles. The summed E-state index contributed by atoms with van der Waals surface area (Å²) in [6.07, 6.45) is 5.03. The van der Waals surface area contributed by atoms with Crippen LogP contribution in [0.2, 0.25) is 0 Å². The fourth-order valence-electron chi connectivity index (χ4n) is 2.90. The van der Waals surface area contributed by atoms with Gasteiger partial charge in [0.15, 0.2) is 9.84 Å². The van der Waals surface area contributed by atoms with Gasteiger partial charge in [-0.2, -0.15) is 0 Å². The number of rotatable bonds is 2. The van der Waals surface area contributed by atoms with Crippen LogP contribution >= 0.6 is 0 Å². The molecule has 0 saturated heterocycles. The van der Waals surface area contributed by atoms with Crippen molar-refractivity contribution in [3.05, 3.63) is 54.6 Å². The normalized spacial score (nSPS) is 31.1. The van der Waals surface area contributed by atoms with Gasteiger partial charge in [-0.15, -0.1) is 0 Å². The summed E-state index contributed by atoms with van der Waals surface area (Å²) in [4.78, 5) is 0.409. The first kappa shape index (κ1) is 10.8. The molecule has 0 amide bonds. The van der Waals surface area contributed by atoms with Crippen LogP contribution in [0.1, 0.15) is 6.42 Å². The second kappa shape index (κ2) is 3.57. The minimum Gasteiger partial charge on any atom is -0.223 e. The highest BCUT2D eigenvalue weighted by Crippen LogP contribution is 2.47. The molecule has 1 saturated carbocycles. The number of hydrogen-bond acceptors (Lipinski definition) is 2. The Hall–Kier alpha value is -1.35. The van der Waals surface area contributed by atoms with Gasteiger partial charge in [-0.05, 0) is 30.4 Å². The standard InChI is InChI=1S/C14H14O2S/c1-10-11-7-8-12(9-11)14(10)17(15,16)13-5-3-2-4-6-13/h2-8,11-12,14H,1,9H2/t11-,12+,14+/m0/s1. The molecule has 3 atom stereocenters. The highest BCUT2D eigenvalue weighted by molar-refractivity contribution is 7.92. The van der Waals surface area contributed by atoms with Crippen molar-refractivity contribution in [2.75, 3.05) is 0 Å². The molecule has 3 heteroatoms. The molecule has 0 aromatic heterocycles. The molecule has 88 valence electrons. The van der Waals surface area contributed by atoms with Crippen molar-refractivity contribution in [2.45, 2.75) is 16.6 Å². The predicted octanol–water partition coefficient (Wildman–Crippen LogP) is 2.59. The summed E-state index contributed by atoms with van der Waals surface area (Å²) >= 11 is 0. The third-order valence-electron chi connectivity index (χ3n) is 3.75. The first-order valence-electron chi connectivity index (χ1n) is 5.76. The van der Waals surface area contributed by atoms with E-state index in [9.17, 15) is 8.42 Å². The van der Waals surface area contributed by atoms with Crippen molar-refractivity contribution in [3.8, 4) is 0 Å². The molecular formula is C14H14O2S. The lowest BCUT2D eigenvalue weighted by atomic mass is 10.0. The van der Waals surface area contributed by atoms with Gasteiger partial charge >= 0.3 is 0 Å². The lowest BCUT2D eigenvalue weighted by Gasteiger charge is -2.20. The highest BCUT2D eigenvalue weighted by atomic mass is 32.2. The lowest BCUT2D eigenvalue weighted by molar-refractivity contribution is 0.573. The topological polar surface area (TPSA) is 34.1 Å². The minimum absolute atomic E-state index is 0.123. The predicted molar refractivity (Wildman–Crippen MR) is 67.3 cm³/mol. The molecule has 2 nitrogen and oxygen atoms in total. The Kier molecular flexibility index (Phi) is 2.26. The smallest absolute Gasteiger partial charge is 0.185 e. The van der Waals surface area contributed by atoms with Gasteiger partial charge in [-0.25, -0.2) is 8.42 Å². The van der Waals surface area contributed by atoms with Crippen LogP contribution in [0.4, 0.5) is 0 Å². The molecule has 0 unspecified atom stereocenters. The summed E-state index contributed by atoms with van der Waals surface area (Å²) in [6, 6.07) is 8.68. The fraction of sp³-hybridized carbons (Fsp3) is 0.286. The van der Waals surface area contributed by atoms with Crippen molar-refractivity contribution in [2.24, 2.45) is 11.8 Å². The lowest BCUT2D eigenvalue weighted by Crippen LogP contribution is -2.27. The van der Waals surface area contributed by atoms with Crippen LogP contribution in [0, 0.1) is 11.8 Å². The van der Waals surface area contributed by atoms with Crippen LogP contribution in [0.25, 0.3) is 0 Å². The van der Waals surface area contributed by atoms with E-state index in [-0.39, 0.29) is 11.8 Å². The molecule has 0 N–H and O–H groups in total. The van der Waals surface area contributed by atoms with Crippen LogP contribution in [0.15, 0.2) is 59.5 Å².